The summed E-state index contributed by atoms with van der Waals surface area (Å²) in [7, 11) is 2.48. The van der Waals surface area contributed by atoms with E-state index in [1.165, 1.54) is 33.3 Å². The van der Waals surface area contributed by atoms with E-state index in [-0.39, 0.29) is 23.0 Å². The second-order valence-electron chi connectivity index (χ2n) is 5.59. The van der Waals surface area contributed by atoms with Gasteiger partial charge in [0.25, 0.3) is 0 Å². The van der Waals surface area contributed by atoms with E-state index in [1.807, 2.05) is 0 Å². The lowest BCUT2D eigenvalue weighted by Crippen LogP contribution is -2.13. The van der Waals surface area contributed by atoms with Gasteiger partial charge in [-0.2, -0.15) is 0 Å². The molecule has 0 saturated heterocycles. The molecule has 8 heteroatoms. The minimum atomic E-state index is -1.24. The maximum atomic E-state index is 11.7. The number of carbonyl (C=O) groups is 3. The zero-order valence-electron chi connectivity index (χ0n) is 15.5. The topological polar surface area (TPSA) is 111 Å². The van der Waals surface area contributed by atoms with E-state index in [1.54, 1.807) is 30.3 Å². The maximum Gasteiger partial charge on any atom is 0.377 e. The number of aromatic carboxylic acids is 1. The van der Waals surface area contributed by atoms with Crippen LogP contribution in [-0.4, -0.2) is 37.2 Å². The fourth-order valence-electron chi connectivity index (χ4n) is 2.39. The molecule has 0 aromatic heterocycles. The summed E-state index contributed by atoms with van der Waals surface area (Å²) in [5.41, 5.74) is 1.71. The molecule has 0 bridgehead atoms. The summed E-state index contributed by atoms with van der Waals surface area (Å²) in [6, 6.07) is 11.4. The van der Waals surface area contributed by atoms with Crippen molar-refractivity contribution in [1.29, 1.82) is 0 Å². The van der Waals surface area contributed by atoms with Crippen molar-refractivity contribution in [3.05, 3.63) is 60.0 Å². The highest BCUT2D eigenvalue weighted by Crippen LogP contribution is 2.29. The third-order valence-corrected chi connectivity index (χ3v) is 3.56. The Hall–Kier alpha value is -3.81. The van der Waals surface area contributed by atoms with Crippen LogP contribution in [0.4, 0.5) is 5.69 Å². The van der Waals surface area contributed by atoms with E-state index in [4.69, 9.17) is 9.47 Å². The van der Waals surface area contributed by atoms with E-state index < -0.39 is 11.9 Å². The molecule has 0 atom stereocenters. The molecule has 0 aliphatic carbocycles. The molecule has 2 aromatic carbocycles. The number of benzene rings is 2. The van der Waals surface area contributed by atoms with E-state index in [9.17, 15) is 19.5 Å². The van der Waals surface area contributed by atoms with E-state index in [0.29, 0.717) is 16.8 Å². The first-order valence-corrected chi connectivity index (χ1v) is 8.10. The van der Waals surface area contributed by atoms with Gasteiger partial charge in [-0.25, -0.2) is 9.59 Å². The standard InChI is InChI=1S/C20H19NO7/c1-12(22)21-15-6-4-5-13(9-15)14-7-8-17(16(10-14)19(23)24)28-18(11-26-2)20(25)27-3/h4-11H,1-3H3,(H,21,22)(H,23,24). The van der Waals surface area contributed by atoms with Crippen LogP contribution in [0.1, 0.15) is 17.3 Å². The van der Waals surface area contributed by atoms with Crippen molar-refractivity contribution in [3.8, 4) is 16.9 Å². The summed E-state index contributed by atoms with van der Waals surface area (Å²) in [4.78, 5) is 34.6. The van der Waals surface area contributed by atoms with Gasteiger partial charge in [-0.05, 0) is 35.4 Å². The molecular formula is C20H19NO7. The number of esters is 1. The lowest BCUT2D eigenvalue weighted by atomic mass is 10.0. The monoisotopic (exact) mass is 385 g/mol. The molecule has 0 spiro atoms. The maximum absolute atomic E-state index is 11.7. The number of hydrogen-bond donors (Lipinski definition) is 2. The minimum Gasteiger partial charge on any atom is -0.500 e. The molecule has 0 fully saturated rings. The fraction of sp³-hybridized carbons (Fsp3) is 0.150. The zero-order valence-corrected chi connectivity index (χ0v) is 15.5. The van der Waals surface area contributed by atoms with Crippen molar-refractivity contribution in [1.82, 2.24) is 0 Å². The number of ether oxygens (including phenoxy) is 3. The predicted molar refractivity (Wildman–Crippen MR) is 101 cm³/mol. The van der Waals surface area contributed by atoms with Crippen molar-refractivity contribution < 1.29 is 33.7 Å². The summed E-state index contributed by atoms with van der Waals surface area (Å²) in [6.45, 7) is 1.40. The molecule has 1 amide bonds. The number of nitrogens with one attached hydrogen (secondary N) is 1. The largest absolute Gasteiger partial charge is 0.500 e. The highest BCUT2D eigenvalue weighted by Gasteiger charge is 2.19. The predicted octanol–water partition coefficient (Wildman–Crippen LogP) is 3.05. The molecule has 0 aliphatic rings. The number of anilines is 1. The van der Waals surface area contributed by atoms with Gasteiger partial charge < -0.3 is 24.6 Å². The molecule has 2 aromatic rings. The Kier molecular flexibility index (Phi) is 6.75. The van der Waals surface area contributed by atoms with Gasteiger partial charge in [0, 0.05) is 12.6 Å². The Morgan fingerprint density at radius 3 is 2.36 bits per heavy atom. The van der Waals surface area contributed by atoms with Crippen molar-refractivity contribution in [2.45, 2.75) is 6.92 Å². The molecule has 8 nitrogen and oxygen atoms in total. The van der Waals surface area contributed by atoms with E-state index >= 15 is 0 Å². The molecule has 0 saturated carbocycles. The van der Waals surface area contributed by atoms with Gasteiger partial charge in [-0.3, -0.25) is 4.79 Å². The first kappa shape index (κ1) is 20.5. The molecule has 28 heavy (non-hydrogen) atoms. The Bertz CT molecular complexity index is 934. The summed E-state index contributed by atoms with van der Waals surface area (Å²) in [5, 5.41) is 12.2. The van der Waals surface area contributed by atoms with Crippen LogP contribution in [0.15, 0.2) is 54.5 Å². The van der Waals surface area contributed by atoms with Crippen LogP contribution in [0.25, 0.3) is 11.1 Å². The lowest BCUT2D eigenvalue weighted by Gasteiger charge is -2.12. The van der Waals surface area contributed by atoms with Gasteiger partial charge in [0.1, 0.15) is 17.6 Å². The number of carbonyl (C=O) groups excluding carboxylic acids is 2. The smallest absolute Gasteiger partial charge is 0.377 e. The molecule has 2 rings (SSSR count). The summed E-state index contributed by atoms with van der Waals surface area (Å²) < 4.78 is 14.7. The van der Waals surface area contributed by atoms with Crippen molar-refractivity contribution in [2.75, 3.05) is 19.5 Å². The van der Waals surface area contributed by atoms with Crippen LogP contribution in [0, 0.1) is 0 Å². The second-order valence-corrected chi connectivity index (χ2v) is 5.59. The highest BCUT2D eigenvalue weighted by atomic mass is 16.6. The van der Waals surface area contributed by atoms with Crippen LogP contribution in [0.2, 0.25) is 0 Å². The first-order chi connectivity index (χ1) is 13.3. The first-order valence-electron chi connectivity index (χ1n) is 8.10. The average Bonchev–Trinajstić information content (AvgIpc) is 2.66. The lowest BCUT2D eigenvalue weighted by molar-refractivity contribution is -0.138. The molecule has 0 unspecified atom stereocenters. The summed E-state index contributed by atoms with van der Waals surface area (Å²) in [6.07, 6.45) is 1.02. The van der Waals surface area contributed by atoms with Crippen LogP contribution in [-0.2, 0) is 19.1 Å². The number of hydrogen-bond acceptors (Lipinski definition) is 6. The third kappa shape index (κ3) is 5.10. The van der Waals surface area contributed by atoms with Gasteiger partial charge in [0.15, 0.2) is 0 Å². The highest BCUT2D eigenvalue weighted by molar-refractivity contribution is 5.94. The molecule has 0 aliphatic heterocycles. The number of rotatable bonds is 7. The van der Waals surface area contributed by atoms with Crippen molar-refractivity contribution in [3.63, 3.8) is 0 Å². The number of amides is 1. The van der Waals surface area contributed by atoms with E-state index in [0.717, 1.165) is 6.26 Å². The van der Waals surface area contributed by atoms with Crippen molar-refractivity contribution in [2.24, 2.45) is 0 Å². The van der Waals surface area contributed by atoms with Gasteiger partial charge in [-0.15, -0.1) is 0 Å². The normalized spacial score (nSPS) is 10.8. The van der Waals surface area contributed by atoms with Gasteiger partial charge in [-0.1, -0.05) is 18.2 Å². The second kappa shape index (κ2) is 9.22. The number of carboxylic acids is 1. The Labute approximate surface area is 161 Å². The molecule has 0 radical (unpaired) electrons. The molecule has 146 valence electrons. The Balaban J connectivity index is 2.43. The van der Waals surface area contributed by atoms with Crippen LogP contribution < -0.4 is 10.1 Å². The quantitative estimate of drug-likeness (QED) is 0.428. The van der Waals surface area contributed by atoms with Gasteiger partial charge in [0.05, 0.1) is 14.2 Å². The fourth-order valence-corrected chi connectivity index (χ4v) is 2.39. The van der Waals surface area contributed by atoms with Crippen LogP contribution in [0.3, 0.4) is 0 Å². The van der Waals surface area contributed by atoms with Gasteiger partial charge in [0.2, 0.25) is 11.7 Å². The molecular weight excluding hydrogens is 366 g/mol. The summed E-state index contributed by atoms with van der Waals surface area (Å²) >= 11 is 0. The van der Waals surface area contributed by atoms with Crippen molar-refractivity contribution >= 4 is 23.5 Å². The SMILES string of the molecule is COC=C(Oc1ccc(-c2cccc(NC(C)=O)c2)cc1C(=O)O)C(=O)OC. The van der Waals surface area contributed by atoms with Gasteiger partial charge >= 0.3 is 11.9 Å². The number of carboxylic acid groups (broad SMARTS) is 1. The zero-order chi connectivity index (χ0) is 20.7. The Morgan fingerprint density at radius 2 is 1.75 bits per heavy atom. The van der Waals surface area contributed by atoms with E-state index in [2.05, 4.69) is 10.1 Å². The average molecular weight is 385 g/mol. The molecule has 2 N–H and O–H groups in total. The summed E-state index contributed by atoms with van der Waals surface area (Å²) in [5.74, 6) is -2.62. The molecule has 0 heterocycles. The number of methoxy groups -OCH3 is 2. The minimum absolute atomic E-state index is 0.0528. The Morgan fingerprint density at radius 1 is 1.04 bits per heavy atom. The third-order valence-electron chi connectivity index (χ3n) is 3.56. The van der Waals surface area contributed by atoms with Crippen LogP contribution >= 0.6 is 0 Å². The van der Waals surface area contributed by atoms with Crippen LogP contribution in [0.5, 0.6) is 5.75 Å².